The van der Waals surface area contributed by atoms with Crippen LogP contribution in [-0.4, -0.2) is 30.2 Å². The van der Waals surface area contributed by atoms with Crippen LogP contribution in [0.3, 0.4) is 0 Å². The predicted octanol–water partition coefficient (Wildman–Crippen LogP) is 4.99. The maximum Gasteiger partial charge on any atom is 0.176 e. The normalized spacial score (nSPS) is 15.3. The van der Waals surface area contributed by atoms with Crippen LogP contribution in [0.15, 0.2) is 36.4 Å². The van der Waals surface area contributed by atoms with Gasteiger partial charge in [-0.1, -0.05) is 19.1 Å². The lowest BCUT2D eigenvalue weighted by molar-refractivity contribution is 0.387. The van der Waals surface area contributed by atoms with Gasteiger partial charge >= 0.3 is 0 Å². The molecule has 140 valence electrons. The first-order valence-corrected chi connectivity index (χ1v) is 9.43. The summed E-state index contributed by atoms with van der Waals surface area (Å²) in [5.74, 6) is 1.80. The Morgan fingerprint density at radius 3 is 2.63 bits per heavy atom. The molecule has 1 fully saturated rings. The molecular weight excluding hydrogens is 341 g/mol. The van der Waals surface area contributed by atoms with E-state index in [1.165, 1.54) is 7.11 Å². The second-order valence-electron chi connectivity index (χ2n) is 7.38. The maximum absolute atomic E-state index is 14.8. The molecule has 2 heterocycles. The molecule has 1 aliphatic rings. The van der Waals surface area contributed by atoms with Crippen molar-refractivity contribution >= 4 is 16.7 Å². The maximum atomic E-state index is 14.8. The van der Waals surface area contributed by atoms with Gasteiger partial charge in [0.05, 0.1) is 18.2 Å². The van der Waals surface area contributed by atoms with Crippen LogP contribution in [0.1, 0.15) is 25.3 Å². The zero-order valence-electron chi connectivity index (χ0n) is 16.0. The molecule has 0 saturated carbocycles. The Bertz CT molecular complexity index is 981. The van der Waals surface area contributed by atoms with Crippen LogP contribution in [0.5, 0.6) is 5.75 Å². The Hall–Kier alpha value is -2.69. The highest BCUT2D eigenvalue weighted by atomic mass is 19.1. The number of hydrogen-bond acceptors (Lipinski definition) is 4. The second kappa shape index (κ2) is 7.14. The molecule has 0 atom stereocenters. The van der Waals surface area contributed by atoms with E-state index < -0.39 is 5.82 Å². The zero-order chi connectivity index (χ0) is 19.0. The van der Waals surface area contributed by atoms with Crippen molar-refractivity contribution in [2.45, 2.75) is 26.7 Å². The monoisotopic (exact) mass is 365 g/mol. The lowest BCUT2D eigenvalue weighted by Crippen LogP contribution is -2.33. The van der Waals surface area contributed by atoms with Gasteiger partial charge in [0.15, 0.2) is 17.4 Å². The Labute approximate surface area is 159 Å². The van der Waals surface area contributed by atoms with E-state index in [1.807, 2.05) is 13.0 Å². The number of aryl methyl sites for hydroxylation is 1. The summed E-state index contributed by atoms with van der Waals surface area (Å²) >= 11 is 0. The van der Waals surface area contributed by atoms with Crippen LogP contribution in [0.25, 0.3) is 22.3 Å². The van der Waals surface area contributed by atoms with Gasteiger partial charge in [-0.15, -0.1) is 0 Å². The van der Waals surface area contributed by atoms with Crippen molar-refractivity contribution in [2.24, 2.45) is 5.92 Å². The molecule has 0 radical (unpaired) electrons. The van der Waals surface area contributed by atoms with E-state index in [1.54, 1.807) is 18.2 Å². The molecule has 0 aliphatic carbocycles. The van der Waals surface area contributed by atoms with Gasteiger partial charge in [0, 0.05) is 18.5 Å². The first-order valence-electron chi connectivity index (χ1n) is 9.43. The van der Waals surface area contributed by atoms with Gasteiger partial charge in [0.25, 0.3) is 0 Å². The molecule has 0 bridgehead atoms. The minimum Gasteiger partial charge on any atom is -0.494 e. The lowest BCUT2D eigenvalue weighted by Gasteiger charge is -2.32. The molecule has 4 rings (SSSR count). The average molecular weight is 365 g/mol. The van der Waals surface area contributed by atoms with E-state index >= 15 is 0 Å². The summed E-state index contributed by atoms with van der Waals surface area (Å²) < 4.78 is 20.0. The number of benzene rings is 2. The standard InChI is InChI=1S/C22H24FN3O/c1-14-9-11-26(12-10-14)22-16-8-7-15(2)13-18(16)24-21(25-22)17-5-4-6-19(27-3)20(17)23/h4-8,13-14H,9-12H2,1-3H3. The van der Waals surface area contributed by atoms with Crippen LogP contribution in [0.4, 0.5) is 10.2 Å². The topological polar surface area (TPSA) is 38.2 Å². The molecule has 5 heteroatoms. The van der Waals surface area contributed by atoms with Crippen LogP contribution in [-0.2, 0) is 0 Å². The Morgan fingerprint density at radius 2 is 1.89 bits per heavy atom. The van der Waals surface area contributed by atoms with Crippen molar-refractivity contribution < 1.29 is 9.13 Å². The number of nitrogens with zero attached hydrogens (tertiary/aromatic N) is 3. The number of anilines is 1. The van der Waals surface area contributed by atoms with Crippen molar-refractivity contribution in [1.82, 2.24) is 9.97 Å². The zero-order valence-corrected chi connectivity index (χ0v) is 16.0. The number of ether oxygens (including phenoxy) is 1. The highest BCUT2D eigenvalue weighted by molar-refractivity contribution is 5.91. The SMILES string of the molecule is COc1cccc(-c2nc(N3CCC(C)CC3)c3ccc(C)cc3n2)c1F. The molecule has 0 N–H and O–H groups in total. The molecular formula is C22H24FN3O. The van der Waals surface area contributed by atoms with E-state index in [4.69, 9.17) is 9.72 Å². The summed E-state index contributed by atoms with van der Waals surface area (Å²) in [6.07, 6.45) is 2.28. The molecule has 1 aromatic heterocycles. The third-order valence-corrected chi connectivity index (χ3v) is 5.34. The summed E-state index contributed by atoms with van der Waals surface area (Å²) in [5, 5.41) is 1.02. The van der Waals surface area contributed by atoms with Crippen molar-refractivity contribution in [3.63, 3.8) is 0 Å². The van der Waals surface area contributed by atoms with Crippen molar-refractivity contribution in [3.8, 4) is 17.1 Å². The van der Waals surface area contributed by atoms with Gasteiger partial charge in [-0.3, -0.25) is 0 Å². The summed E-state index contributed by atoms with van der Waals surface area (Å²) in [6, 6.07) is 11.3. The third kappa shape index (κ3) is 3.34. The highest BCUT2D eigenvalue weighted by Crippen LogP contribution is 2.33. The quantitative estimate of drug-likeness (QED) is 0.655. The van der Waals surface area contributed by atoms with Crippen LogP contribution >= 0.6 is 0 Å². The number of halogens is 1. The average Bonchev–Trinajstić information content (AvgIpc) is 2.67. The molecule has 0 unspecified atom stereocenters. The summed E-state index contributed by atoms with van der Waals surface area (Å²) in [7, 11) is 1.47. The number of aromatic nitrogens is 2. The van der Waals surface area contributed by atoms with E-state index in [0.29, 0.717) is 11.4 Å². The van der Waals surface area contributed by atoms with Gasteiger partial charge in [0.2, 0.25) is 0 Å². The van der Waals surface area contributed by atoms with Gasteiger partial charge in [-0.2, -0.15) is 0 Å². The van der Waals surface area contributed by atoms with Crippen molar-refractivity contribution in [3.05, 3.63) is 47.8 Å². The number of methoxy groups -OCH3 is 1. The van der Waals surface area contributed by atoms with E-state index in [-0.39, 0.29) is 5.75 Å². The fourth-order valence-corrected chi connectivity index (χ4v) is 3.65. The number of fused-ring (bicyclic) bond motifs is 1. The highest BCUT2D eigenvalue weighted by Gasteiger charge is 2.22. The number of piperidine rings is 1. The van der Waals surface area contributed by atoms with Gasteiger partial charge in [-0.25, -0.2) is 14.4 Å². The molecule has 0 amide bonds. The molecule has 27 heavy (non-hydrogen) atoms. The first kappa shape index (κ1) is 17.7. The second-order valence-corrected chi connectivity index (χ2v) is 7.38. The predicted molar refractivity (Wildman–Crippen MR) is 107 cm³/mol. The molecule has 4 nitrogen and oxygen atoms in total. The fourth-order valence-electron chi connectivity index (χ4n) is 3.65. The van der Waals surface area contributed by atoms with E-state index in [0.717, 1.165) is 54.1 Å². The molecule has 2 aromatic carbocycles. The molecule has 1 saturated heterocycles. The van der Waals surface area contributed by atoms with Gasteiger partial charge < -0.3 is 9.64 Å². The minimum absolute atomic E-state index is 0.203. The first-order chi connectivity index (χ1) is 13.1. The van der Waals surface area contributed by atoms with E-state index in [2.05, 4.69) is 28.9 Å². The largest absolute Gasteiger partial charge is 0.494 e. The molecule has 3 aromatic rings. The fraction of sp³-hybridized carbons (Fsp3) is 0.364. The van der Waals surface area contributed by atoms with Crippen LogP contribution < -0.4 is 9.64 Å². The minimum atomic E-state index is -0.426. The third-order valence-electron chi connectivity index (χ3n) is 5.34. The smallest absolute Gasteiger partial charge is 0.176 e. The van der Waals surface area contributed by atoms with Gasteiger partial charge in [-0.05, 0) is 55.5 Å². The Morgan fingerprint density at radius 1 is 1.11 bits per heavy atom. The lowest BCUT2D eigenvalue weighted by atomic mass is 9.99. The van der Waals surface area contributed by atoms with Crippen LogP contribution in [0, 0.1) is 18.7 Å². The molecule has 1 aliphatic heterocycles. The van der Waals surface area contributed by atoms with Crippen molar-refractivity contribution in [1.29, 1.82) is 0 Å². The van der Waals surface area contributed by atoms with E-state index in [9.17, 15) is 4.39 Å². The number of hydrogen-bond donors (Lipinski definition) is 0. The Balaban J connectivity index is 1.90. The summed E-state index contributed by atoms with van der Waals surface area (Å²) in [5.41, 5.74) is 2.33. The van der Waals surface area contributed by atoms with Crippen LogP contribution in [0.2, 0.25) is 0 Å². The van der Waals surface area contributed by atoms with Gasteiger partial charge in [0.1, 0.15) is 5.82 Å². The summed E-state index contributed by atoms with van der Waals surface area (Å²) in [6.45, 7) is 6.24. The summed E-state index contributed by atoms with van der Waals surface area (Å²) in [4.78, 5) is 11.8. The Kier molecular flexibility index (Phi) is 4.68. The molecule has 0 spiro atoms. The van der Waals surface area contributed by atoms with Crippen molar-refractivity contribution in [2.75, 3.05) is 25.1 Å². The number of rotatable bonds is 3.